The zero-order valence-corrected chi connectivity index (χ0v) is 15.8. The summed E-state index contributed by atoms with van der Waals surface area (Å²) in [7, 11) is 0. The third kappa shape index (κ3) is 4.97. The molecule has 1 amide bonds. The van der Waals surface area contributed by atoms with Gasteiger partial charge in [-0.1, -0.05) is 36.4 Å². The average molecular weight is 363 g/mol. The van der Waals surface area contributed by atoms with Crippen molar-refractivity contribution in [1.29, 1.82) is 0 Å². The summed E-state index contributed by atoms with van der Waals surface area (Å²) in [5, 5.41) is 7.61. The first kappa shape index (κ1) is 18.7. The van der Waals surface area contributed by atoms with Gasteiger partial charge in [0.05, 0.1) is 18.0 Å². The molecule has 0 aliphatic rings. The predicted molar refractivity (Wildman–Crippen MR) is 106 cm³/mol. The summed E-state index contributed by atoms with van der Waals surface area (Å²) in [6.45, 7) is 5.02. The van der Waals surface area contributed by atoms with Crippen LogP contribution in [0.5, 0.6) is 5.75 Å². The van der Waals surface area contributed by atoms with Crippen LogP contribution in [0.4, 0.5) is 0 Å². The van der Waals surface area contributed by atoms with E-state index < -0.39 is 0 Å². The molecule has 0 saturated carbocycles. The molecule has 5 nitrogen and oxygen atoms in total. The van der Waals surface area contributed by atoms with Gasteiger partial charge in [0.2, 0.25) is 5.91 Å². The molecule has 0 atom stereocenters. The smallest absolute Gasteiger partial charge is 0.220 e. The number of nitrogens with one attached hydrogen (secondary N) is 1. The molecule has 3 rings (SSSR count). The van der Waals surface area contributed by atoms with Crippen LogP contribution in [-0.2, 0) is 11.3 Å². The van der Waals surface area contributed by atoms with Crippen LogP contribution < -0.4 is 10.1 Å². The average Bonchev–Trinajstić information content (AvgIpc) is 2.99. The molecule has 0 radical (unpaired) electrons. The van der Waals surface area contributed by atoms with E-state index in [1.54, 1.807) is 0 Å². The van der Waals surface area contributed by atoms with Crippen molar-refractivity contribution in [2.45, 2.75) is 33.2 Å². The molecule has 27 heavy (non-hydrogen) atoms. The van der Waals surface area contributed by atoms with Gasteiger partial charge in [-0.05, 0) is 44.5 Å². The van der Waals surface area contributed by atoms with Crippen molar-refractivity contribution in [2.24, 2.45) is 0 Å². The number of aromatic nitrogens is 2. The number of hydrogen-bond acceptors (Lipinski definition) is 3. The third-order valence-electron chi connectivity index (χ3n) is 4.46. The molecular weight excluding hydrogens is 338 g/mol. The number of benzene rings is 2. The van der Waals surface area contributed by atoms with Gasteiger partial charge < -0.3 is 10.1 Å². The molecular formula is C22H25N3O2. The van der Waals surface area contributed by atoms with Crippen LogP contribution in [0.15, 0.2) is 60.7 Å². The van der Waals surface area contributed by atoms with Gasteiger partial charge in [0, 0.05) is 24.2 Å². The molecule has 3 aromatic rings. The van der Waals surface area contributed by atoms with Gasteiger partial charge in [0.15, 0.2) is 0 Å². The second kappa shape index (κ2) is 9.03. The van der Waals surface area contributed by atoms with Crippen LogP contribution in [0.2, 0.25) is 0 Å². The first-order valence-corrected chi connectivity index (χ1v) is 9.20. The molecule has 0 bridgehead atoms. The van der Waals surface area contributed by atoms with E-state index in [1.807, 2.05) is 79.2 Å². The SMILES string of the molecule is Cc1nn(-c2ccccc2)c(C)c1CNC(=O)CCCOc1ccccc1. The molecule has 0 aliphatic heterocycles. The van der Waals surface area contributed by atoms with E-state index in [1.165, 1.54) is 0 Å². The number of aryl methyl sites for hydroxylation is 1. The van der Waals surface area contributed by atoms with Crippen molar-refractivity contribution >= 4 is 5.91 Å². The van der Waals surface area contributed by atoms with E-state index in [9.17, 15) is 4.79 Å². The summed E-state index contributed by atoms with van der Waals surface area (Å²) < 4.78 is 7.54. The number of amides is 1. The number of carbonyl (C=O) groups excluding carboxylic acids is 1. The van der Waals surface area contributed by atoms with Crippen molar-refractivity contribution in [3.8, 4) is 11.4 Å². The minimum atomic E-state index is 0.0259. The molecule has 1 N–H and O–H groups in total. The molecule has 0 spiro atoms. The number of para-hydroxylation sites is 2. The Hall–Kier alpha value is -3.08. The summed E-state index contributed by atoms with van der Waals surface area (Å²) in [5.74, 6) is 0.857. The first-order chi connectivity index (χ1) is 13.1. The lowest BCUT2D eigenvalue weighted by molar-refractivity contribution is -0.121. The largest absolute Gasteiger partial charge is 0.494 e. The number of ether oxygens (including phenoxy) is 1. The Bertz CT molecular complexity index is 873. The lowest BCUT2D eigenvalue weighted by Crippen LogP contribution is -2.23. The summed E-state index contributed by atoms with van der Waals surface area (Å²) in [5.41, 5.74) is 4.07. The Morgan fingerprint density at radius 1 is 1.04 bits per heavy atom. The van der Waals surface area contributed by atoms with Crippen LogP contribution in [0, 0.1) is 13.8 Å². The van der Waals surface area contributed by atoms with E-state index in [4.69, 9.17) is 4.74 Å². The van der Waals surface area contributed by atoms with Crippen LogP contribution in [0.1, 0.15) is 29.8 Å². The number of carbonyl (C=O) groups is 1. The molecule has 1 aromatic heterocycles. The Kier molecular flexibility index (Phi) is 6.26. The minimum absolute atomic E-state index is 0.0259. The molecule has 140 valence electrons. The maximum Gasteiger partial charge on any atom is 0.220 e. The fourth-order valence-corrected chi connectivity index (χ4v) is 2.97. The van der Waals surface area contributed by atoms with Gasteiger partial charge in [-0.3, -0.25) is 4.79 Å². The van der Waals surface area contributed by atoms with E-state index in [0.717, 1.165) is 28.4 Å². The van der Waals surface area contributed by atoms with Crippen molar-refractivity contribution in [1.82, 2.24) is 15.1 Å². The second-order valence-electron chi connectivity index (χ2n) is 6.44. The van der Waals surface area contributed by atoms with Crippen LogP contribution in [0.25, 0.3) is 5.69 Å². The molecule has 1 heterocycles. The molecule has 0 fully saturated rings. The number of rotatable bonds is 8. The highest BCUT2D eigenvalue weighted by Gasteiger charge is 2.13. The topological polar surface area (TPSA) is 56.2 Å². The Labute approximate surface area is 160 Å². The molecule has 0 saturated heterocycles. The predicted octanol–water partition coefficient (Wildman–Crippen LogP) is 3.96. The number of hydrogen-bond donors (Lipinski definition) is 1. The van der Waals surface area contributed by atoms with Crippen LogP contribution >= 0.6 is 0 Å². The van der Waals surface area contributed by atoms with Crippen LogP contribution in [0.3, 0.4) is 0 Å². The third-order valence-corrected chi connectivity index (χ3v) is 4.46. The fourth-order valence-electron chi connectivity index (χ4n) is 2.97. The van der Waals surface area contributed by atoms with Crippen molar-refractivity contribution in [3.63, 3.8) is 0 Å². The second-order valence-corrected chi connectivity index (χ2v) is 6.44. The number of nitrogens with zero attached hydrogens (tertiary/aromatic N) is 2. The van der Waals surface area contributed by atoms with Gasteiger partial charge in [0.1, 0.15) is 5.75 Å². The van der Waals surface area contributed by atoms with E-state index >= 15 is 0 Å². The standard InChI is InChI=1S/C22H25N3O2/c1-17-21(18(2)25(24-17)19-10-5-3-6-11-19)16-23-22(26)14-9-15-27-20-12-7-4-8-13-20/h3-8,10-13H,9,14-16H2,1-2H3,(H,23,26). The van der Waals surface area contributed by atoms with E-state index in [-0.39, 0.29) is 5.91 Å². The molecule has 2 aromatic carbocycles. The first-order valence-electron chi connectivity index (χ1n) is 9.20. The van der Waals surface area contributed by atoms with E-state index in [0.29, 0.717) is 26.0 Å². The Morgan fingerprint density at radius 2 is 1.70 bits per heavy atom. The molecule has 5 heteroatoms. The minimum Gasteiger partial charge on any atom is -0.494 e. The normalized spacial score (nSPS) is 10.6. The van der Waals surface area contributed by atoms with Crippen molar-refractivity contribution in [2.75, 3.05) is 6.61 Å². The fraction of sp³-hybridized carbons (Fsp3) is 0.273. The monoisotopic (exact) mass is 363 g/mol. The Morgan fingerprint density at radius 3 is 2.41 bits per heavy atom. The lowest BCUT2D eigenvalue weighted by Gasteiger charge is -2.08. The zero-order chi connectivity index (χ0) is 19.1. The van der Waals surface area contributed by atoms with Crippen molar-refractivity contribution < 1.29 is 9.53 Å². The lowest BCUT2D eigenvalue weighted by atomic mass is 10.2. The van der Waals surface area contributed by atoms with Gasteiger partial charge in [-0.25, -0.2) is 4.68 Å². The highest BCUT2D eigenvalue weighted by Crippen LogP contribution is 2.17. The summed E-state index contributed by atoms with van der Waals surface area (Å²) >= 11 is 0. The van der Waals surface area contributed by atoms with Gasteiger partial charge in [0.25, 0.3) is 0 Å². The maximum absolute atomic E-state index is 12.1. The highest BCUT2D eigenvalue weighted by molar-refractivity contribution is 5.75. The van der Waals surface area contributed by atoms with Gasteiger partial charge in [-0.15, -0.1) is 0 Å². The van der Waals surface area contributed by atoms with Gasteiger partial charge >= 0.3 is 0 Å². The zero-order valence-electron chi connectivity index (χ0n) is 15.8. The maximum atomic E-state index is 12.1. The molecule has 0 unspecified atom stereocenters. The highest BCUT2D eigenvalue weighted by atomic mass is 16.5. The molecule has 0 aliphatic carbocycles. The van der Waals surface area contributed by atoms with Gasteiger partial charge in [-0.2, -0.15) is 5.10 Å². The Balaban J connectivity index is 1.48. The van der Waals surface area contributed by atoms with Crippen molar-refractivity contribution in [3.05, 3.63) is 77.6 Å². The summed E-state index contributed by atoms with van der Waals surface area (Å²) in [6, 6.07) is 19.7. The van der Waals surface area contributed by atoms with Crippen LogP contribution in [-0.4, -0.2) is 22.3 Å². The quantitative estimate of drug-likeness (QED) is 0.616. The summed E-state index contributed by atoms with van der Waals surface area (Å²) in [6.07, 6.45) is 1.12. The van der Waals surface area contributed by atoms with E-state index in [2.05, 4.69) is 10.4 Å². The summed E-state index contributed by atoms with van der Waals surface area (Å²) in [4.78, 5) is 12.1.